The molecule has 10 heteroatoms. The quantitative estimate of drug-likeness (QED) is 0.712. The van der Waals surface area contributed by atoms with Crippen LogP contribution in [-0.4, -0.2) is 53.4 Å². The number of rotatable bonds is 5. The Hall–Kier alpha value is -2.62. The van der Waals surface area contributed by atoms with Crippen LogP contribution in [0.5, 0.6) is 0 Å². The van der Waals surface area contributed by atoms with Gasteiger partial charge in [-0.05, 0) is 31.4 Å². The number of carbonyl (C=O) groups is 3. The Bertz CT molecular complexity index is 679. The fourth-order valence-electron chi connectivity index (χ4n) is 2.52. The van der Waals surface area contributed by atoms with Gasteiger partial charge in [-0.2, -0.15) is 13.2 Å². The average Bonchev–Trinajstić information content (AvgIpc) is 2.57. The van der Waals surface area contributed by atoms with Crippen molar-refractivity contribution < 1.29 is 37.8 Å². The summed E-state index contributed by atoms with van der Waals surface area (Å²) < 4.78 is 31.7. The summed E-state index contributed by atoms with van der Waals surface area (Å²) in [5.74, 6) is -3.57. The molecule has 0 bridgehead atoms. The summed E-state index contributed by atoms with van der Waals surface area (Å²) in [5.41, 5.74) is 2.02. The van der Waals surface area contributed by atoms with Crippen LogP contribution >= 0.6 is 0 Å². The number of carboxylic acids is 2. The van der Waals surface area contributed by atoms with Gasteiger partial charge in [0.15, 0.2) is 0 Å². The van der Waals surface area contributed by atoms with Gasteiger partial charge in [-0.25, -0.2) is 4.79 Å². The molecule has 0 saturated carbocycles. The lowest BCUT2D eigenvalue weighted by atomic mass is 10.0. The van der Waals surface area contributed by atoms with Crippen molar-refractivity contribution in [3.8, 4) is 0 Å². The topological polar surface area (TPSA) is 107 Å². The molecule has 7 nitrogen and oxygen atoms in total. The van der Waals surface area contributed by atoms with Gasteiger partial charge in [0.1, 0.15) is 0 Å². The first-order chi connectivity index (χ1) is 12.5. The Balaban J connectivity index is 0.000000445. The molecule has 1 unspecified atom stereocenters. The molecule has 1 amide bonds. The molecule has 1 heterocycles. The van der Waals surface area contributed by atoms with Crippen LogP contribution in [0.25, 0.3) is 0 Å². The molecule has 1 aliphatic rings. The van der Waals surface area contributed by atoms with Crippen molar-refractivity contribution in [2.75, 3.05) is 18.0 Å². The van der Waals surface area contributed by atoms with E-state index in [2.05, 4.69) is 5.32 Å². The molecule has 1 aromatic carbocycles. The molecular formula is C17H21F3N2O5. The number of amides is 1. The standard InChI is InChI=1S/C15H20N2O3.C2HF3O2/c1-11-5-2-3-7-13(11)17-10-4-6-12(15(17)20)16-9-8-14(18)19;3-2(4,5)1(6)7/h2-3,5,7,12,16H,4,6,8-10H2,1H3,(H,18,19);(H,6,7). The highest BCUT2D eigenvalue weighted by Gasteiger charge is 2.38. The van der Waals surface area contributed by atoms with Crippen molar-refractivity contribution in [3.63, 3.8) is 0 Å². The molecule has 0 spiro atoms. The van der Waals surface area contributed by atoms with Crippen LogP contribution in [0.2, 0.25) is 0 Å². The van der Waals surface area contributed by atoms with E-state index in [-0.39, 0.29) is 18.4 Å². The molecule has 3 N–H and O–H groups in total. The predicted molar refractivity (Wildman–Crippen MR) is 90.5 cm³/mol. The van der Waals surface area contributed by atoms with E-state index in [1.807, 2.05) is 31.2 Å². The number of alkyl halides is 3. The Labute approximate surface area is 153 Å². The zero-order chi connectivity index (χ0) is 20.6. The number of halogens is 3. The van der Waals surface area contributed by atoms with Crippen molar-refractivity contribution in [2.45, 2.75) is 38.4 Å². The second-order valence-electron chi connectivity index (χ2n) is 5.87. The second-order valence-corrected chi connectivity index (χ2v) is 5.87. The zero-order valence-corrected chi connectivity index (χ0v) is 14.6. The highest BCUT2D eigenvalue weighted by molar-refractivity contribution is 5.98. The molecule has 1 aromatic rings. The lowest BCUT2D eigenvalue weighted by Crippen LogP contribution is -2.51. The maximum absolute atomic E-state index is 12.5. The highest BCUT2D eigenvalue weighted by atomic mass is 19.4. The van der Waals surface area contributed by atoms with Crippen LogP contribution in [0.3, 0.4) is 0 Å². The number of carboxylic acid groups (broad SMARTS) is 2. The van der Waals surface area contributed by atoms with Crippen LogP contribution in [0, 0.1) is 6.92 Å². The van der Waals surface area contributed by atoms with Gasteiger partial charge in [-0.1, -0.05) is 18.2 Å². The van der Waals surface area contributed by atoms with Crippen molar-refractivity contribution in [1.82, 2.24) is 5.32 Å². The minimum atomic E-state index is -5.08. The van der Waals surface area contributed by atoms with Crippen molar-refractivity contribution in [2.24, 2.45) is 0 Å². The van der Waals surface area contributed by atoms with E-state index in [9.17, 15) is 22.8 Å². The summed E-state index contributed by atoms with van der Waals surface area (Å²) in [5, 5.41) is 18.8. The first-order valence-electron chi connectivity index (χ1n) is 8.16. The Morgan fingerprint density at radius 1 is 1.26 bits per heavy atom. The normalized spacial score (nSPS) is 17.1. The molecule has 1 fully saturated rings. The predicted octanol–water partition coefficient (Wildman–Crippen LogP) is 2.19. The molecule has 0 aliphatic carbocycles. The van der Waals surface area contributed by atoms with Gasteiger partial charge in [0.2, 0.25) is 5.91 Å². The Morgan fingerprint density at radius 3 is 2.37 bits per heavy atom. The molecule has 150 valence electrons. The minimum absolute atomic E-state index is 0.0359. The van der Waals surface area contributed by atoms with Crippen LogP contribution in [0.4, 0.5) is 18.9 Å². The number of aliphatic carboxylic acids is 2. The van der Waals surface area contributed by atoms with E-state index in [1.165, 1.54) is 0 Å². The van der Waals surface area contributed by atoms with Crippen LogP contribution in [-0.2, 0) is 14.4 Å². The summed E-state index contributed by atoms with van der Waals surface area (Å²) >= 11 is 0. The number of para-hydroxylation sites is 1. The van der Waals surface area contributed by atoms with Crippen LogP contribution < -0.4 is 10.2 Å². The molecular weight excluding hydrogens is 369 g/mol. The van der Waals surface area contributed by atoms with Gasteiger partial charge in [0.05, 0.1) is 12.5 Å². The maximum atomic E-state index is 12.5. The number of nitrogens with one attached hydrogen (secondary N) is 1. The first kappa shape index (κ1) is 22.4. The monoisotopic (exact) mass is 390 g/mol. The fraction of sp³-hybridized carbons (Fsp3) is 0.471. The smallest absolute Gasteiger partial charge is 0.481 e. The van der Waals surface area contributed by atoms with Gasteiger partial charge in [0, 0.05) is 18.8 Å². The number of carbonyl (C=O) groups excluding carboxylic acids is 1. The Kier molecular flexibility index (Phi) is 8.23. The number of benzene rings is 1. The largest absolute Gasteiger partial charge is 0.490 e. The highest BCUT2D eigenvalue weighted by Crippen LogP contribution is 2.24. The van der Waals surface area contributed by atoms with Crippen LogP contribution in [0.1, 0.15) is 24.8 Å². The van der Waals surface area contributed by atoms with E-state index >= 15 is 0 Å². The number of nitrogens with zero attached hydrogens (tertiary/aromatic N) is 1. The van der Waals surface area contributed by atoms with Gasteiger partial charge in [0.25, 0.3) is 0 Å². The van der Waals surface area contributed by atoms with Crippen molar-refractivity contribution in [3.05, 3.63) is 29.8 Å². The molecule has 1 saturated heterocycles. The van der Waals surface area contributed by atoms with Gasteiger partial charge in [-0.15, -0.1) is 0 Å². The third-order valence-corrected chi connectivity index (χ3v) is 3.82. The summed E-state index contributed by atoms with van der Waals surface area (Å²) in [6.07, 6.45) is -3.36. The molecule has 1 atom stereocenters. The van der Waals surface area contributed by atoms with E-state index in [0.717, 1.165) is 30.6 Å². The van der Waals surface area contributed by atoms with Crippen molar-refractivity contribution >= 4 is 23.5 Å². The van der Waals surface area contributed by atoms with Gasteiger partial charge < -0.3 is 20.4 Å². The molecule has 1 aliphatic heterocycles. The molecule has 0 aromatic heterocycles. The zero-order valence-electron chi connectivity index (χ0n) is 14.6. The maximum Gasteiger partial charge on any atom is 0.490 e. The van der Waals surface area contributed by atoms with Gasteiger partial charge in [-0.3, -0.25) is 9.59 Å². The number of hydrogen-bond donors (Lipinski definition) is 3. The molecule has 0 radical (unpaired) electrons. The lowest BCUT2D eigenvalue weighted by Gasteiger charge is -2.33. The fourth-order valence-corrected chi connectivity index (χ4v) is 2.52. The SMILES string of the molecule is Cc1ccccc1N1CCCC(NCCC(=O)O)C1=O.O=C(O)C(F)(F)F. The van der Waals surface area contributed by atoms with E-state index in [0.29, 0.717) is 6.54 Å². The summed E-state index contributed by atoms with van der Waals surface area (Å²) in [7, 11) is 0. The number of aryl methyl sites for hydroxylation is 1. The third kappa shape index (κ3) is 7.26. The summed E-state index contributed by atoms with van der Waals surface area (Å²) in [6.45, 7) is 3.04. The number of anilines is 1. The number of piperidine rings is 1. The Morgan fingerprint density at radius 2 is 1.85 bits per heavy atom. The second kappa shape index (κ2) is 9.91. The average molecular weight is 390 g/mol. The van der Waals surface area contributed by atoms with Gasteiger partial charge >= 0.3 is 18.1 Å². The first-order valence-corrected chi connectivity index (χ1v) is 8.16. The third-order valence-electron chi connectivity index (χ3n) is 3.82. The van der Waals surface area contributed by atoms with Crippen LogP contribution in [0.15, 0.2) is 24.3 Å². The van der Waals surface area contributed by atoms with Crippen molar-refractivity contribution in [1.29, 1.82) is 0 Å². The van der Waals surface area contributed by atoms with E-state index in [4.69, 9.17) is 15.0 Å². The molecule has 2 rings (SSSR count). The minimum Gasteiger partial charge on any atom is -0.481 e. The summed E-state index contributed by atoms with van der Waals surface area (Å²) in [6, 6.07) is 7.55. The van der Waals surface area contributed by atoms with E-state index in [1.54, 1.807) is 4.90 Å². The molecule has 27 heavy (non-hydrogen) atoms. The van der Waals surface area contributed by atoms with E-state index < -0.39 is 18.1 Å². The summed E-state index contributed by atoms with van der Waals surface area (Å²) in [4.78, 5) is 33.7. The lowest BCUT2D eigenvalue weighted by molar-refractivity contribution is -0.192. The number of hydrogen-bond acceptors (Lipinski definition) is 4.